The van der Waals surface area contributed by atoms with Gasteiger partial charge in [0.2, 0.25) is 6.10 Å². The van der Waals surface area contributed by atoms with E-state index in [4.69, 9.17) is 9.47 Å². The van der Waals surface area contributed by atoms with Gasteiger partial charge in [-0.25, -0.2) is 4.79 Å². The van der Waals surface area contributed by atoms with Gasteiger partial charge in [-0.1, -0.05) is 43.5 Å². The molecule has 0 aliphatic heterocycles. The highest BCUT2D eigenvalue weighted by atomic mass is 32.1. The highest BCUT2D eigenvalue weighted by molar-refractivity contribution is 7.11. The quantitative estimate of drug-likeness (QED) is 0.774. The fourth-order valence-corrected chi connectivity index (χ4v) is 3.83. The second-order valence-electron chi connectivity index (χ2n) is 6.35. The average Bonchev–Trinajstić information content (AvgIpc) is 3.21. The van der Waals surface area contributed by atoms with Crippen LogP contribution in [-0.2, 0) is 9.53 Å². The second kappa shape index (κ2) is 8.85. The topological polar surface area (TPSA) is 64.6 Å². The summed E-state index contributed by atoms with van der Waals surface area (Å²) in [6, 6.07) is 10.7. The fourth-order valence-electron chi connectivity index (χ4n) is 3.22. The van der Waals surface area contributed by atoms with E-state index in [2.05, 4.69) is 5.32 Å². The summed E-state index contributed by atoms with van der Waals surface area (Å²) < 4.78 is 11.0. The molecule has 3 rings (SSSR count). The molecule has 5 nitrogen and oxygen atoms in total. The zero-order valence-corrected chi connectivity index (χ0v) is 15.6. The third-order valence-corrected chi connectivity index (χ3v) is 5.41. The van der Waals surface area contributed by atoms with E-state index in [1.807, 2.05) is 6.07 Å². The number of esters is 1. The summed E-state index contributed by atoms with van der Waals surface area (Å²) in [7, 11) is 1.54. The van der Waals surface area contributed by atoms with E-state index < -0.39 is 12.1 Å². The molecule has 1 aromatic carbocycles. The third kappa shape index (κ3) is 4.43. The van der Waals surface area contributed by atoms with Crippen LogP contribution in [0.1, 0.15) is 53.4 Å². The van der Waals surface area contributed by atoms with Crippen molar-refractivity contribution in [3.8, 4) is 5.75 Å². The Kier molecular flexibility index (Phi) is 6.28. The van der Waals surface area contributed by atoms with E-state index in [1.165, 1.54) is 24.9 Å². The van der Waals surface area contributed by atoms with Crippen LogP contribution >= 0.6 is 11.3 Å². The van der Waals surface area contributed by atoms with E-state index >= 15 is 0 Å². The van der Waals surface area contributed by atoms with Crippen molar-refractivity contribution in [1.29, 1.82) is 0 Å². The number of nitrogens with one attached hydrogen (secondary N) is 1. The first kappa shape index (κ1) is 18.5. The van der Waals surface area contributed by atoms with Gasteiger partial charge in [0.25, 0.3) is 5.91 Å². The molecule has 1 fully saturated rings. The average molecular weight is 373 g/mol. The van der Waals surface area contributed by atoms with Crippen LogP contribution in [-0.4, -0.2) is 25.0 Å². The number of carbonyl (C=O) groups excluding carboxylic acids is 2. The number of ether oxygens (including phenoxy) is 2. The Labute approximate surface area is 157 Å². The molecule has 0 spiro atoms. The number of thiophene rings is 1. The number of hydrogen-bond donors (Lipinski definition) is 1. The van der Waals surface area contributed by atoms with E-state index in [0.717, 1.165) is 25.7 Å². The Bertz CT molecular complexity index is 738. The van der Waals surface area contributed by atoms with Crippen LogP contribution in [0.15, 0.2) is 41.8 Å². The summed E-state index contributed by atoms with van der Waals surface area (Å²) in [6.07, 6.45) is 4.31. The van der Waals surface area contributed by atoms with Crippen LogP contribution < -0.4 is 10.1 Å². The molecule has 0 radical (unpaired) electrons. The van der Waals surface area contributed by atoms with E-state index in [-0.39, 0.29) is 11.9 Å². The Balaban J connectivity index is 1.82. The molecule has 138 valence electrons. The molecule has 1 N–H and O–H groups in total. The highest BCUT2D eigenvalue weighted by Crippen LogP contribution is 2.30. The zero-order chi connectivity index (χ0) is 18.4. The first-order chi connectivity index (χ1) is 12.7. The molecule has 1 heterocycles. The van der Waals surface area contributed by atoms with Crippen LogP contribution in [0.4, 0.5) is 0 Å². The Morgan fingerprint density at radius 3 is 2.58 bits per heavy atom. The Morgan fingerprint density at radius 1 is 1.12 bits per heavy atom. The number of rotatable bonds is 6. The summed E-state index contributed by atoms with van der Waals surface area (Å²) in [5.41, 5.74) is 0.549. The van der Waals surface area contributed by atoms with Crippen molar-refractivity contribution in [3.63, 3.8) is 0 Å². The standard InChI is InChI=1S/C20H23NO4S/c1-24-16-11-6-5-10-15(16)18(25-20(23)17-12-7-13-26-17)19(22)21-14-8-3-2-4-9-14/h5-7,10-14,18H,2-4,8-9H2,1H3,(H,21,22)/t18-/m1/s1. The lowest BCUT2D eigenvalue weighted by Crippen LogP contribution is -2.40. The summed E-state index contributed by atoms with van der Waals surface area (Å²) >= 11 is 1.29. The summed E-state index contributed by atoms with van der Waals surface area (Å²) in [5, 5.41) is 4.85. The van der Waals surface area contributed by atoms with E-state index in [1.54, 1.807) is 35.7 Å². The molecule has 1 aromatic heterocycles. The van der Waals surface area contributed by atoms with Crippen molar-refractivity contribution in [2.45, 2.75) is 44.2 Å². The highest BCUT2D eigenvalue weighted by Gasteiger charge is 2.30. The first-order valence-electron chi connectivity index (χ1n) is 8.87. The number of carbonyl (C=O) groups is 2. The van der Waals surface area contributed by atoms with Gasteiger partial charge in [-0.05, 0) is 30.4 Å². The molecule has 0 bridgehead atoms. The van der Waals surface area contributed by atoms with Crippen molar-refractivity contribution in [1.82, 2.24) is 5.32 Å². The van der Waals surface area contributed by atoms with Crippen LogP contribution in [0.25, 0.3) is 0 Å². The van der Waals surface area contributed by atoms with Crippen molar-refractivity contribution in [2.24, 2.45) is 0 Å². The largest absolute Gasteiger partial charge is 0.496 e. The predicted octanol–water partition coefficient (Wildman–Crippen LogP) is 4.10. The number of hydrogen-bond acceptors (Lipinski definition) is 5. The number of para-hydroxylation sites is 1. The van der Waals surface area contributed by atoms with Gasteiger partial charge in [0.1, 0.15) is 10.6 Å². The van der Waals surface area contributed by atoms with Gasteiger partial charge in [-0.3, -0.25) is 4.79 Å². The second-order valence-corrected chi connectivity index (χ2v) is 7.30. The Morgan fingerprint density at radius 2 is 1.88 bits per heavy atom. The zero-order valence-electron chi connectivity index (χ0n) is 14.8. The summed E-state index contributed by atoms with van der Waals surface area (Å²) in [5.74, 6) is -0.281. The Hall–Kier alpha value is -2.34. The van der Waals surface area contributed by atoms with E-state index in [9.17, 15) is 9.59 Å². The van der Waals surface area contributed by atoms with Gasteiger partial charge < -0.3 is 14.8 Å². The molecule has 0 saturated heterocycles. The molecule has 1 saturated carbocycles. The van der Waals surface area contributed by atoms with Gasteiger partial charge in [-0.15, -0.1) is 11.3 Å². The number of methoxy groups -OCH3 is 1. The van der Waals surface area contributed by atoms with Crippen molar-refractivity contribution >= 4 is 23.2 Å². The number of amides is 1. The summed E-state index contributed by atoms with van der Waals surface area (Å²) in [6.45, 7) is 0. The SMILES string of the molecule is COc1ccccc1[C@@H](OC(=O)c1cccs1)C(=O)NC1CCCCC1. The maximum absolute atomic E-state index is 12.9. The van der Waals surface area contributed by atoms with Crippen LogP contribution in [0, 0.1) is 0 Å². The molecule has 1 aliphatic rings. The van der Waals surface area contributed by atoms with Crippen molar-refractivity contribution in [2.75, 3.05) is 7.11 Å². The van der Waals surface area contributed by atoms with Gasteiger partial charge in [0, 0.05) is 11.6 Å². The molecule has 6 heteroatoms. The van der Waals surface area contributed by atoms with Crippen molar-refractivity contribution in [3.05, 3.63) is 52.2 Å². The fraction of sp³-hybridized carbons (Fsp3) is 0.400. The molecule has 2 aromatic rings. The molecule has 1 atom stereocenters. The van der Waals surface area contributed by atoms with Gasteiger partial charge in [-0.2, -0.15) is 0 Å². The van der Waals surface area contributed by atoms with Gasteiger partial charge >= 0.3 is 5.97 Å². The maximum Gasteiger partial charge on any atom is 0.349 e. The molecule has 26 heavy (non-hydrogen) atoms. The molecule has 1 amide bonds. The maximum atomic E-state index is 12.9. The smallest absolute Gasteiger partial charge is 0.349 e. The van der Waals surface area contributed by atoms with Gasteiger partial charge in [0.05, 0.1) is 7.11 Å². The normalized spacial score (nSPS) is 15.9. The summed E-state index contributed by atoms with van der Waals surface area (Å²) in [4.78, 5) is 25.9. The van der Waals surface area contributed by atoms with E-state index in [0.29, 0.717) is 16.2 Å². The molecule has 0 unspecified atom stereocenters. The number of benzene rings is 1. The molecular weight excluding hydrogens is 350 g/mol. The monoisotopic (exact) mass is 373 g/mol. The minimum absolute atomic E-state index is 0.133. The minimum atomic E-state index is -1.04. The third-order valence-electron chi connectivity index (χ3n) is 4.56. The molecule has 1 aliphatic carbocycles. The van der Waals surface area contributed by atoms with Crippen molar-refractivity contribution < 1.29 is 19.1 Å². The van der Waals surface area contributed by atoms with Crippen LogP contribution in [0.5, 0.6) is 5.75 Å². The molecular formula is C20H23NO4S. The minimum Gasteiger partial charge on any atom is -0.496 e. The lowest BCUT2D eigenvalue weighted by molar-refractivity contribution is -0.131. The first-order valence-corrected chi connectivity index (χ1v) is 9.75. The predicted molar refractivity (Wildman–Crippen MR) is 100 cm³/mol. The van der Waals surface area contributed by atoms with Crippen LogP contribution in [0.3, 0.4) is 0 Å². The van der Waals surface area contributed by atoms with Gasteiger partial charge in [0.15, 0.2) is 0 Å². The lowest BCUT2D eigenvalue weighted by Gasteiger charge is -2.26. The van der Waals surface area contributed by atoms with Crippen LogP contribution in [0.2, 0.25) is 0 Å². The lowest BCUT2D eigenvalue weighted by atomic mass is 9.95.